The Labute approximate surface area is 96.2 Å². The van der Waals surface area contributed by atoms with E-state index < -0.39 is 17.4 Å². The molecule has 8 nitrogen and oxygen atoms in total. The highest BCUT2D eigenvalue weighted by atomic mass is 16.6. The third-order valence-corrected chi connectivity index (χ3v) is 2.53. The van der Waals surface area contributed by atoms with Crippen LogP contribution in [0, 0.1) is 10.1 Å². The molecule has 0 aliphatic carbocycles. The second-order valence-corrected chi connectivity index (χ2v) is 3.67. The van der Waals surface area contributed by atoms with Crippen LogP contribution in [0.1, 0.15) is 5.56 Å². The molecule has 0 bridgehead atoms. The molecular formula is C9H12N4O4. The summed E-state index contributed by atoms with van der Waals surface area (Å²) in [6, 6.07) is 2.61. The van der Waals surface area contributed by atoms with Crippen molar-refractivity contribution < 1.29 is 15.1 Å². The van der Waals surface area contributed by atoms with Crippen LogP contribution in [0.15, 0.2) is 12.1 Å². The maximum atomic E-state index is 10.7. The topological polar surface area (TPSA) is 134 Å². The monoisotopic (exact) mass is 240 g/mol. The smallest absolute Gasteiger partial charge is 0.271 e. The van der Waals surface area contributed by atoms with Gasteiger partial charge < -0.3 is 26.6 Å². The summed E-state index contributed by atoms with van der Waals surface area (Å²) in [7, 11) is 0. The molecule has 0 aromatic heterocycles. The first-order valence-electron chi connectivity index (χ1n) is 4.93. The number of nitrogens with one attached hydrogen (secondary N) is 2. The van der Waals surface area contributed by atoms with Gasteiger partial charge in [0.1, 0.15) is 0 Å². The third kappa shape index (κ3) is 2.00. The van der Waals surface area contributed by atoms with Crippen molar-refractivity contribution in [2.24, 2.45) is 5.73 Å². The number of aliphatic hydroxyl groups is 2. The van der Waals surface area contributed by atoms with Gasteiger partial charge in [0.05, 0.1) is 16.3 Å². The summed E-state index contributed by atoms with van der Waals surface area (Å²) in [6.07, 6.45) is -2.41. The standard InChI is InChI=1S/C9H12N4O4/c10-3-4-1-5(13(16)17)2-6-7(4)12-9(15)8(14)11-6/h1-2,8-9,11-12,14-15H,3,10H2. The van der Waals surface area contributed by atoms with Crippen molar-refractivity contribution in [2.75, 3.05) is 10.6 Å². The lowest BCUT2D eigenvalue weighted by Gasteiger charge is -2.30. The SMILES string of the molecule is NCc1cc([N+](=O)[O-])cc2c1NC(O)C(O)N2. The fourth-order valence-corrected chi connectivity index (χ4v) is 1.70. The molecule has 1 aliphatic rings. The number of nitrogens with zero attached hydrogens (tertiary/aromatic N) is 1. The number of hydrogen-bond acceptors (Lipinski definition) is 7. The number of nitro benzene ring substituents is 1. The number of nitro groups is 1. The molecule has 2 rings (SSSR count). The van der Waals surface area contributed by atoms with E-state index in [1.54, 1.807) is 0 Å². The van der Waals surface area contributed by atoms with Crippen molar-refractivity contribution in [3.63, 3.8) is 0 Å². The van der Waals surface area contributed by atoms with Gasteiger partial charge in [-0.3, -0.25) is 10.1 Å². The zero-order chi connectivity index (χ0) is 12.6. The molecular weight excluding hydrogens is 228 g/mol. The average Bonchev–Trinajstić information content (AvgIpc) is 2.29. The number of rotatable bonds is 2. The third-order valence-electron chi connectivity index (χ3n) is 2.53. The van der Waals surface area contributed by atoms with E-state index in [4.69, 9.17) is 5.73 Å². The van der Waals surface area contributed by atoms with Crippen LogP contribution >= 0.6 is 0 Å². The van der Waals surface area contributed by atoms with E-state index >= 15 is 0 Å². The Hall–Kier alpha value is -1.90. The van der Waals surface area contributed by atoms with Crippen molar-refractivity contribution in [1.29, 1.82) is 0 Å². The molecule has 8 heteroatoms. The van der Waals surface area contributed by atoms with Gasteiger partial charge in [-0.1, -0.05) is 0 Å². The van der Waals surface area contributed by atoms with E-state index in [-0.39, 0.29) is 12.2 Å². The highest BCUT2D eigenvalue weighted by Gasteiger charge is 2.27. The Morgan fingerprint density at radius 1 is 1.35 bits per heavy atom. The number of aliphatic hydroxyl groups excluding tert-OH is 2. The molecule has 0 spiro atoms. The largest absolute Gasteiger partial charge is 0.369 e. The Kier molecular flexibility index (Phi) is 2.84. The van der Waals surface area contributed by atoms with E-state index in [0.29, 0.717) is 16.9 Å². The summed E-state index contributed by atoms with van der Waals surface area (Å²) in [5.74, 6) is 0. The number of hydrogen-bond donors (Lipinski definition) is 5. The van der Waals surface area contributed by atoms with Gasteiger partial charge in [-0.15, -0.1) is 0 Å². The highest BCUT2D eigenvalue weighted by molar-refractivity contribution is 5.77. The van der Waals surface area contributed by atoms with E-state index in [0.717, 1.165) is 0 Å². The lowest BCUT2D eigenvalue weighted by molar-refractivity contribution is -0.384. The average molecular weight is 240 g/mol. The summed E-state index contributed by atoms with van der Waals surface area (Å²) >= 11 is 0. The Balaban J connectivity index is 2.51. The number of benzene rings is 1. The van der Waals surface area contributed by atoms with Crippen LogP contribution in [0.2, 0.25) is 0 Å². The Bertz CT molecular complexity index is 465. The highest BCUT2D eigenvalue weighted by Crippen LogP contribution is 2.34. The molecule has 1 heterocycles. The van der Waals surface area contributed by atoms with Crippen LogP contribution in [0.5, 0.6) is 0 Å². The molecule has 2 atom stereocenters. The maximum absolute atomic E-state index is 10.7. The first kappa shape index (κ1) is 11.6. The number of non-ortho nitro benzene ring substituents is 1. The van der Waals surface area contributed by atoms with Gasteiger partial charge in [-0.2, -0.15) is 0 Å². The van der Waals surface area contributed by atoms with Crippen molar-refractivity contribution in [2.45, 2.75) is 19.0 Å². The van der Waals surface area contributed by atoms with Gasteiger partial charge in [-0.25, -0.2) is 0 Å². The molecule has 1 aromatic carbocycles. The van der Waals surface area contributed by atoms with Gasteiger partial charge in [-0.05, 0) is 5.56 Å². The molecule has 92 valence electrons. The minimum absolute atomic E-state index is 0.0848. The summed E-state index contributed by atoms with van der Waals surface area (Å²) in [5.41, 5.74) is 6.67. The van der Waals surface area contributed by atoms with Gasteiger partial charge in [0.2, 0.25) is 0 Å². The number of nitrogens with two attached hydrogens (primary N) is 1. The minimum atomic E-state index is -1.23. The Morgan fingerprint density at radius 3 is 2.59 bits per heavy atom. The quantitative estimate of drug-likeness (QED) is 0.348. The number of fused-ring (bicyclic) bond motifs is 1. The summed E-state index contributed by atoms with van der Waals surface area (Å²) in [4.78, 5) is 10.2. The summed E-state index contributed by atoms with van der Waals surface area (Å²) in [5, 5.41) is 34.7. The summed E-state index contributed by atoms with van der Waals surface area (Å²) in [6.45, 7) is 0.0848. The fourth-order valence-electron chi connectivity index (χ4n) is 1.70. The van der Waals surface area contributed by atoms with Crippen LogP contribution in [0.25, 0.3) is 0 Å². The molecule has 1 aromatic rings. The van der Waals surface area contributed by atoms with Gasteiger partial charge in [0.25, 0.3) is 5.69 Å². The van der Waals surface area contributed by atoms with Gasteiger partial charge in [0, 0.05) is 18.7 Å². The molecule has 0 radical (unpaired) electrons. The second kappa shape index (κ2) is 4.17. The van der Waals surface area contributed by atoms with E-state index in [1.165, 1.54) is 12.1 Å². The van der Waals surface area contributed by atoms with Crippen LogP contribution < -0.4 is 16.4 Å². The lowest BCUT2D eigenvalue weighted by atomic mass is 10.1. The molecule has 2 unspecified atom stereocenters. The fraction of sp³-hybridized carbons (Fsp3) is 0.333. The van der Waals surface area contributed by atoms with Gasteiger partial charge >= 0.3 is 0 Å². The molecule has 6 N–H and O–H groups in total. The minimum Gasteiger partial charge on any atom is -0.369 e. The Morgan fingerprint density at radius 2 is 2.00 bits per heavy atom. The zero-order valence-electron chi connectivity index (χ0n) is 8.75. The lowest BCUT2D eigenvalue weighted by Crippen LogP contribution is -2.43. The van der Waals surface area contributed by atoms with Crippen LogP contribution in [-0.4, -0.2) is 27.6 Å². The normalized spacial score (nSPS) is 22.3. The second-order valence-electron chi connectivity index (χ2n) is 3.67. The molecule has 17 heavy (non-hydrogen) atoms. The molecule has 1 aliphatic heterocycles. The first-order valence-corrected chi connectivity index (χ1v) is 4.93. The first-order chi connectivity index (χ1) is 8.02. The molecule has 0 saturated heterocycles. The van der Waals surface area contributed by atoms with Crippen molar-refractivity contribution in [3.05, 3.63) is 27.8 Å². The predicted octanol–water partition coefficient (Wildman–Crippen LogP) is -0.472. The van der Waals surface area contributed by atoms with Gasteiger partial charge in [0.15, 0.2) is 12.5 Å². The van der Waals surface area contributed by atoms with Crippen molar-refractivity contribution in [3.8, 4) is 0 Å². The molecule has 0 fully saturated rings. The van der Waals surface area contributed by atoms with Crippen molar-refractivity contribution in [1.82, 2.24) is 0 Å². The summed E-state index contributed by atoms with van der Waals surface area (Å²) < 4.78 is 0. The van der Waals surface area contributed by atoms with Crippen molar-refractivity contribution >= 4 is 17.1 Å². The molecule has 0 amide bonds. The van der Waals surface area contributed by atoms with Crippen LogP contribution in [0.3, 0.4) is 0 Å². The number of anilines is 2. The maximum Gasteiger partial charge on any atom is 0.271 e. The van der Waals surface area contributed by atoms with Crippen LogP contribution in [-0.2, 0) is 6.54 Å². The van der Waals surface area contributed by atoms with Crippen LogP contribution in [0.4, 0.5) is 17.1 Å². The van der Waals surface area contributed by atoms with E-state index in [9.17, 15) is 20.3 Å². The van der Waals surface area contributed by atoms with E-state index in [2.05, 4.69) is 10.6 Å². The molecule has 0 saturated carbocycles. The predicted molar refractivity (Wildman–Crippen MR) is 60.2 cm³/mol. The zero-order valence-corrected chi connectivity index (χ0v) is 8.75. The van der Waals surface area contributed by atoms with E-state index in [1.807, 2.05) is 0 Å².